The molecule has 0 aliphatic heterocycles. The van der Waals surface area contributed by atoms with E-state index in [1.54, 1.807) is 15.9 Å². The Bertz CT molecular complexity index is 734. The molecule has 1 atom stereocenters. The first-order valence-corrected chi connectivity index (χ1v) is 7.02. The third-order valence-electron chi connectivity index (χ3n) is 2.96. The van der Waals surface area contributed by atoms with Gasteiger partial charge in [-0.15, -0.1) is 16.4 Å². The molecule has 0 saturated carbocycles. The molecular weight excluding hydrogens is 282 g/mol. The molecule has 98 valence electrons. The Kier molecular flexibility index (Phi) is 3.00. The van der Waals surface area contributed by atoms with Crippen molar-refractivity contribution in [3.8, 4) is 0 Å². The van der Waals surface area contributed by atoms with Crippen LogP contribution in [-0.2, 0) is 0 Å². The zero-order valence-corrected chi connectivity index (χ0v) is 12.0. The van der Waals surface area contributed by atoms with Crippen LogP contribution in [0.25, 0.3) is 5.78 Å². The molecule has 1 unspecified atom stereocenters. The summed E-state index contributed by atoms with van der Waals surface area (Å²) in [5.74, 6) is 1.08. The molecule has 0 amide bonds. The maximum Gasteiger partial charge on any atom is 0.253 e. The third kappa shape index (κ3) is 2.01. The minimum absolute atomic E-state index is 0.333. The van der Waals surface area contributed by atoms with E-state index in [2.05, 4.69) is 15.1 Å². The molecule has 0 fully saturated rings. The van der Waals surface area contributed by atoms with Crippen molar-refractivity contribution in [3.63, 3.8) is 0 Å². The summed E-state index contributed by atoms with van der Waals surface area (Å²) in [4.78, 5) is 9.75. The van der Waals surface area contributed by atoms with Crippen LogP contribution in [-0.4, -0.2) is 19.6 Å². The predicted molar refractivity (Wildman–Crippen MR) is 75.6 cm³/mol. The summed E-state index contributed by atoms with van der Waals surface area (Å²) >= 11 is 7.75. The Hall–Kier alpha value is -1.50. The maximum absolute atomic E-state index is 6.16. The van der Waals surface area contributed by atoms with Gasteiger partial charge in [0, 0.05) is 4.88 Å². The lowest BCUT2D eigenvalue weighted by molar-refractivity contribution is 0.774. The molecular formula is C12H12ClN5S. The van der Waals surface area contributed by atoms with Crippen LogP contribution in [0.15, 0.2) is 17.5 Å². The Balaban J connectivity index is 2.14. The van der Waals surface area contributed by atoms with E-state index in [9.17, 15) is 0 Å². The first-order valence-electron chi connectivity index (χ1n) is 5.76. The van der Waals surface area contributed by atoms with E-state index in [1.807, 2.05) is 31.4 Å². The molecule has 0 aliphatic rings. The number of aryl methyl sites for hydroxylation is 2. The average Bonchev–Trinajstić information content (AvgIpc) is 3.04. The topological polar surface area (TPSA) is 69.1 Å². The van der Waals surface area contributed by atoms with E-state index in [1.165, 1.54) is 0 Å². The molecule has 19 heavy (non-hydrogen) atoms. The van der Waals surface area contributed by atoms with Crippen LogP contribution in [0.1, 0.15) is 28.1 Å². The van der Waals surface area contributed by atoms with Gasteiger partial charge in [-0.3, -0.25) is 0 Å². The zero-order chi connectivity index (χ0) is 13.6. The summed E-state index contributed by atoms with van der Waals surface area (Å²) in [7, 11) is 0. The van der Waals surface area contributed by atoms with Crippen molar-refractivity contribution in [1.29, 1.82) is 0 Å². The van der Waals surface area contributed by atoms with Crippen molar-refractivity contribution in [3.05, 3.63) is 44.6 Å². The molecule has 0 radical (unpaired) electrons. The second-order valence-electron chi connectivity index (χ2n) is 4.27. The summed E-state index contributed by atoms with van der Waals surface area (Å²) in [6.07, 6.45) is 0. The van der Waals surface area contributed by atoms with Gasteiger partial charge in [-0.2, -0.15) is 9.50 Å². The summed E-state index contributed by atoms with van der Waals surface area (Å²) in [6.45, 7) is 3.74. The summed E-state index contributed by atoms with van der Waals surface area (Å²) < 4.78 is 1.64. The van der Waals surface area contributed by atoms with Crippen molar-refractivity contribution in [1.82, 2.24) is 19.6 Å². The molecule has 0 spiro atoms. The van der Waals surface area contributed by atoms with Crippen LogP contribution in [0.5, 0.6) is 0 Å². The van der Waals surface area contributed by atoms with E-state index in [0.717, 1.165) is 16.3 Å². The number of nitrogens with zero attached hydrogens (tertiary/aromatic N) is 4. The zero-order valence-electron chi connectivity index (χ0n) is 10.5. The number of nitrogens with two attached hydrogens (primary N) is 1. The Morgan fingerprint density at radius 1 is 1.37 bits per heavy atom. The van der Waals surface area contributed by atoms with Gasteiger partial charge in [0.25, 0.3) is 5.78 Å². The lowest BCUT2D eigenvalue weighted by Gasteiger charge is -2.03. The van der Waals surface area contributed by atoms with Crippen molar-refractivity contribution < 1.29 is 0 Å². The number of rotatable bonds is 2. The van der Waals surface area contributed by atoms with Crippen LogP contribution < -0.4 is 5.73 Å². The number of fused-ring (bicyclic) bond motifs is 1. The maximum atomic E-state index is 6.16. The monoisotopic (exact) mass is 293 g/mol. The van der Waals surface area contributed by atoms with Gasteiger partial charge in [0.05, 0.1) is 16.4 Å². The highest BCUT2D eigenvalue weighted by Crippen LogP contribution is 2.23. The molecule has 3 aromatic heterocycles. The van der Waals surface area contributed by atoms with E-state index in [-0.39, 0.29) is 6.04 Å². The van der Waals surface area contributed by atoms with Gasteiger partial charge in [-0.1, -0.05) is 17.7 Å². The molecule has 2 N–H and O–H groups in total. The quantitative estimate of drug-likeness (QED) is 0.788. The Labute approximate surface area is 119 Å². The largest absolute Gasteiger partial charge is 0.317 e. The fourth-order valence-electron chi connectivity index (χ4n) is 1.90. The van der Waals surface area contributed by atoms with Crippen LogP contribution in [0.4, 0.5) is 0 Å². The molecule has 3 rings (SSSR count). The molecule has 0 saturated heterocycles. The first kappa shape index (κ1) is 12.5. The Morgan fingerprint density at radius 2 is 2.16 bits per heavy atom. The summed E-state index contributed by atoms with van der Waals surface area (Å²) in [5, 5.41) is 7.00. The van der Waals surface area contributed by atoms with Gasteiger partial charge in [0.15, 0.2) is 5.82 Å². The molecule has 3 aromatic rings. The molecule has 3 heterocycles. The van der Waals surface area contributed by atoms with Gasteiger partial charge in [0.1, 0.15) is 6.04 Å². The molecule has 0 bridgehead atoms. The van der Waals surface area contributed by atoms with Crippen molar-refractivity contribution in [2.45, 2.75) is 19.9 Å². The minimum atomic E-state index is -0.333. The van der Waals surface area contributed by atoms with Gasteiger partial charge < -0.3 is 5.73 Å². The number of hydrogen-bond donors (Lipinski definition) is 1. The average molecular weight is 294 g/mol. The lowest BCUT2D eigenvalue weighted by Crippen LogP contribution is -2.12. The second-order valence-corrected chi connectivity index (χ2v) is 5.63. The minimum Gasteiger partial charge on any atom is -0.317 e. The van der Waals surface area contributed by atoms with Crippen molar-refractivity contribution in [2.75, 3.05) is 0 Å². The number of hydrogen-bond acceptors (Lipinski definition) is 5. The molecule has 5 nitrogen and oxygen atoms in total. The molecule has 0 aromatic carbocycles. The first-order chi connectivity index (χ1) is 9.08. The smallest absolute Gasteiger partial charge is 0.253 e. The van der Waals surface area contributed by atoms with E-state index < -0.39 is 0 Å². The predicted octanol–water partition coefficient (Wildman–Crippen LogP) is 2.50. The van der Waals surface area contributed by atoms with Crippen LogP contribution in [0.2, 0.25) is 5.02 Å². The normalized spacial score (nSPS) is 13.1. The van der Waals surface area contributed by atoms with Crippen molar-refractivity contribution in [2.24, 2.45) is 5.73 Å². The van der Waals surface area contributed by atoms with Crippen LogP contribution >= 0.6 is 22.9 Å². The third-order valence-corrected chi connectivity index (χ3v) is 4.46. The molecule has 7 heteroatoms. The van der Waals surface area contributed by atoms with Gasteiger partial charge >= 0.3 is 0 Å². The van der Waals surface area contributed by atoms with Gasteiger partial charge in [-0.05, 0) is 25.3 Å². The number of thiophene rings is 1. The Morgan fingerprint density at radius 3 is 2.84 bits per heavy atom. The van der Waals surface area contributed by atoms with Crippen LogP contribution in [0.3, 0.4) is 0 Å². The highest BCUT2D eigenvalue weighted by molar-refractivity contribution is 7.10. The highest BCUT2D eigenvalue weighted by Gasteiger charge is 2.18. The standard InChI is InChI=1S/C12H12ClN5S/c1-6-9(13)7(2)18-12(15-6)16-11(17-18)10(14)8-4-3-5-19-8/h3-5,10H,14H2,1-2H3. The lowest BCUT2D eigenvalue weighted by atomic mass is 10.2. The van der Waals surface area contributed by atoms with E-state index in [4.69, 9.17) is 17.3 Å². The fourth-order valence-corrected chi connectivity index (χ4v) is 2.74. The van der Waals surface area contributed by atoms with Gasteiger partial charge in [-0.25, -0.2) is 4.98 Å². The number of halogens is 1. The van der Waals surface area contributed by atoms with Crippen LogP contribution in [0, 0.1) is 13.8 Å². The number of aromatic nitrogens is 4. The summed E-state index contributed by atoms with van der Waals surface area (Å²) in [5.41, 5.74) is 7.73. The highest BCUT2D eigenvalue weighted by atomic mass is 35.5. The molecule has 0 aliphatic carbocycles. The summed E-state index contributed by atoms with van der Waals surface area (Å²) in [6, 6.07) is 3.60. The fraction of sp³-hybridized carbons (Fsp3) is 0.250. The van der Waals surface area contributed by atoms with Crippen molar-refractivity contribution >= 4 is 28.7 Å². The van der Waals surface area contributed by atoms with E-state index >= 15 is 0 Å². The van der Waals surface area contributed by atoms with Gasteiger partial charge in [0.2, 0.25) is 0 Å². The second kappa shape index (κ2) is 4.56. The SMILES string of the molecule is Cc1nc2nc(C(N)c3cccs3)nn2c(C)c1Cl. The van der Waals surface area contributed by atoms with E-state index in [0.29, 0.717) is 16.6 Å².